The lowest BCUT2D eigenvalue weighted by Gasteiger charge is -1.86. The second-order valence-corrected chi connectivity index (χ2v) is 3.86. The van der Waals surface area contributed by atoms with Crippen LogP contribution in [-0.4, -0.2) is 9.97 Å². The van der Waals surface area contributed by atoms with Crippen LogP contribution in [0.3, 0.4) is 0 Å². The summed E-state index contributed by atoms with van der Waals surface area (Å²) in [4.78, 5) is 10.4. The molecule has 0 spiro atoms. The summed E-state index contributed by atoms with van der Waals surface area (Å²) in [5, 5.41) is 0.458. The minimum Gasteiger partial charge on any atom is -0.250 e. The van der Waals surface area contributed by atoms with Crippen LogP contribution < -0.4 is 0 Å². The van der Waals surface area contributed by atoms with Gasteiger partial charge in [0.05, 0.1) is 6.20 Å². The zero-order chi connectivity index (χ0) is 9.84. The minimum atomic E-state index is 0.458. The summed E-state index contributed by atoms with van der Waals surface area (Å²) in [6.45, 7) is 6.03. The van der Waals surface area contributed by atoms with Gasteiger partial charge in [0.15, 0.2) is 0 Å². The lowest BCUT2D eigenvalue weighted by atomic mass is 10.5. The van der Waals surface area contributed by atoms with Crippen molar-refractivity contribution in [2.45, 2.75) is 20.8 Å². The minimum absolute atomic E-state index is 0.458. The van der Waals surface area contributed by atoms with Crippen LogP contribution in [0.25, 0.3) is 10.3 Å². The molecule has 0 aliphatic carbocycles. The van der Waals surface area contributed by atoms with E-state index in [1.807, 2.05) is 26.8 Å². The monoisotopic (exact) mass is 214 g/mol. The summed E-state index contributed by atoms with van der Waals surface area (Å²) >= 11 is 7.27. The molecule has 0 aromatic carbocycles. The molecule has 0 N–H and O–H groups in total. The van der Waals surface area contributed by atoms with Crippen molar-refractivity contribution in [1.82, 2.24) is 9.97 Å². The van der Waals surface area contributed by atoms with Crippen LogP contribution in [-0.2, 0) is 0 Å². The number of rotatable bonds is 0. The number of hydrogen-bond donors (Lipinski definition) is 0. The van der Waals surface area contributed by atoms with Gasteiger partial charge in [0.2, 0.25) is 0 Å². The molecule has 0 aliphatic rings. The van der Waals surface area contributed by atoms with Gasteiger partial charge < -0.3 is 0 Å². The standard InChI is InChI=1S/C7H5ClN2S.C2H6/c1-4-2-5-7(11-4)10-6(8)3-9-5;1-2/h2-3H,1H3;1-2H3. The van der Waals surface area contributed by atoms with Crippen molar-refractivity contribution in [2.75, 3.05) is 0 Å². The van der Waals surface area contributed by atoms with E-state index in [0.717, 1.165) is 10.3 Å². The molecule has 13 heavy (non-hydrogen) atoms. The quantitative estimate of drug-likeness (QED) is 0.669. The Hall–Kier alpha value is -0.670. The molecule has 2 aromatic heterocycles. The summed E-state index contributed by atoms with van der Waals surface area (Å²) in [6.07, 6.45) is 1.57. The zero-order valence-corrected chi connectivity index (χ0v) is 9.41. The SMILES string of the molecule is CC.Cc1cc2ncc(Cl)nc2s1. The van der Waals surface area contributed by atoms with Crippen LogP contribution in [0.2, 0.25) is 5.15 Å². The Balaban J connectivity index is 0.000000396. The Morgan fingerprint density at radius 3 is 2.77 bits per heavy atom. The van der Waals surface area contributed by atoms with E-state index in [1.54, 1.807) is 17.5 Å². The fourth-order valence-electron chi connectivity index (χ4n) is 0.910. The predicted molar refractivity (Wildman–Crippen MR) is 58.5 cm³/mol. The highest BCUT2D eigenvalue weighted by Gasteiger charge is 2.00. The highest BCUT2D eigenvalue weighted by molar-refractivity contribution is 7.18. The summed E-state index contributed by atoms with van der Waals surface area (Å²) in [7, 11) is 0. The van der Waals surface area contributed by atoms with Crippen LogP contribution in [0, 0.1) is 6.92 Å². The van der Waals surface area contributed by atoms with Gasteiger partial charge in [-0.3, -0.25) is 4.98 Å². The number of hydrogen-bond acceptors (Lipinski definition) is 3. The van der Waals surface area contributed by atoms with Gasteiger partial charge in [0.25, 0.3) is 0 Å². The molecule has 0 atom stereocenters. The smallest absolute Gasteiger partial charge is 0.149 e. The van der Waals surface area contributed by atoms with E-state index in [9.17, 15) is 0 Å². The van der Waals surface area contributed by atoms with Crippen molar-refractivity contribution < 1.29 is 0 Å². The summed E-state index contributed by atoms with van der Waals surface area (Å²) in [5.41, 5.74) is 0.928. The average Bonchev–Trinajstić information content (AvgIpc) is 2.48. The molecule has 0 unspecified atom stereocenters. The van der Waals surface area contributed by atoms with E-state index >= 15 is 0 Å². The first kappa shape index (κ1) is 10.4. The molecule has 0 saturated heterocycles. The number of aromatic nitrogens is 2. The maximum absolute atomic E-state index is 5.66. The first-order chi connectivity index (χ1) is 6.25. The third kappa shape index (κ3) is 2.39. The maximum Gasteiger partial charge on any atom is 0.149 e. The van der Waals surface area contributed by atoms with Gasteiger partial charge in [-0.15, -0.1) is 11.3 Å². The van der Waals surface area contributed by atoms with Gasteiger partial charge in [0.1, 0.15) is 15.5 Å². The zero-order valence-electron chi connectivity index (χ0n) is 7.84. The number of aryl methyl sites for hydroxylation is 1. The summed E-state index contributed by atoms with van der Waals surface area (Å²) in [5.74, 6) is 0. The number of thiophene rings is 1. The average molecular weight is 215 g/mol. The normalized spacial score (nSPS) is 9.54. The molecule has 0 aliphatic heterocycles. The first-order valence-corrected chi connectivity index (χ1v) is 5.34. The van der Waals surface area contributed by atoms with E-state index < -0.39 is 0 Å². The first-order valence-electron chi connectivity index (χ1n) is 4.14. The fourth-order valence-corrected chi connectivity index (χ4v) is 1.93. The molecule has 0 amide bonds. The Morgan fingerprint density at radius 1 is 1.38 bits per heavy atom. The Bertz CT molecular complexity index is 397. The van der Waals surface area contributed by atoms with Crippen molar-refractivity contribution in [3.05, 3.63) is 22.3 Å². The molecule has 2 rings (SSSR count). The van der Waals surface area contributed by atoms with E-state index in [4.69, 9.17) is 11.6 Å². The highest BCUT2D eigenvalue weighted by atomic mass is 35.5. The van der Waals surface area contributed by atoms with E-state index in [1.165, 1.54) is 4.88 Å². The van der Waals surface area contributed by atoms with E-state index in [-0.39, 0.29) is 0 Å². The number of fused-ring (bicyclic) bond motifs is 1. The molecule has 2 aromatic rings. The van der Waals surface area contributed by atoms with E-state index in [0.29, 0.717) is 5.15 Å². The van der Waals surface area contributed by atoms with Crippen molar-refractivity contribution >= 4 is 33.3 Å². The third-order valence-corrected chi connectivity index (χ3v) is 2.45. The summed E-state index contributed by atoms with van der Waals surface area (Å²) < 4.78 is 0. The molecule has 2 nitrogen and oxygen atoms in total. The van der Waals surface area contributed by atoms with Crippen LogP contribution in [0.4, 0.5) is 0 Å². The number of halogens is 1. The number of nitrogens with zero attached hydrogens (tertiary/aromatic N) is 2. The molecular weight excluding hydrogens is 204 g/mol. The van der Waals surface area contributed by atoms with Crippen molar-refractivity contribution in [3.63, 3.8) is 0 Å². The molecule has 4 heteroatoms. The second-order valence-electron chi connectivity index (χ2n) is 2.24. The van der Waals surface area contributed by atoms with Crippen molar-refractivity contribution in [1.29, 1.82) is 0 Å². The van der Waals surface area contributed by atoms with Crippen molar-refractivity contribution in [2.24, 2.45) is 0 Å². The molecule has 70 valence electrons. The van der Waals surface area contributed by atoms with Gasteiger partial charge in [-0.05, 0) is 13.0 Å². The predicted octanol–water partition coefficient (Wildman–Crippen LogP) is 3.68. The van der Waals surface area contributed by atoms with Crippen LogP contribution in [0.5, 0.6) is 0 Å². The van der Waals surface area contributed by atoms with E-state index in [2.05, 4.69) is 9.97 Å². The molecule has 2 heterocycles. The molecule has 0 fully saturated rings. The Kier molecular flexibility index (Phi) is 3.63. The van der Waals surface area contributed by atoms with Gasteiger partial charge >= 0.3 is 0 Å². The molecular formula is C9H11ClN2S. The Morgan fingerprint density at radius 2 is 2.08 bits per heavy atom. The summed E-state index contributed by atoms with van der Waals surface area (Å²) in [6, 6.07) is 2.00. The second kappa shape index (κ2) is 4.53. The maximum atomic E-state index is 5.66. The van der Waals surface area contributed by atoms with Crippen LogP contribution in [0.1, 0.15) is 18.7 Å². The molecule has 0 saturated carbocycles. The van der Waals surface area contributed by atoms with Gasteiger partial charge in [-0.25, -0.2) is 4.98 Å². The lowest BCUT2D eigenvalue weighted by molar-refractivity contribution is 1.31. The topological polar surface area (TPSA) is 25.8 Å². The van der Waals surface area contributed by atoms with Gasteiger partial charge in [-0.2, -0.15) is 0 Å². The highest BCUT2D eigenvalue weighted by Crippen LogP contribution is 2.21. The third-order valence-electron chi connectivity index (χ3n) is 1.34. The van der Waals surface area contributed by atoms with Gasteiger partial charge in [-0.1, -0.05) is 25.4 Å². The molecule has 0 bridgehead atoms. The fraction of sp³-hybridized carbons (Fsp3) is 0.333. The Labute approximate surface area is 86.6 Å². The van der Waals surface area contributed by atoms with Gasteiger partial charge in [0, 0.05) is 4.88 Å². The van der Waals surface area contributed by atoms with Crippen molar-refractivity contribution in [3.8, 4) is 0 Å². The van der Waals surface area contributed by atoms with Crippen LogP contribution in [0.15, 0.2) is 12.3 Å². The largest absolute Gasteiger partial charge is 0.250 e. The lowest BCUT2D eigenvalue weighted by Crippen LogP contribution is -1.76. The van der Waals surface area contributed by atoms with Crippen LogP contribution >= 0.6 is 22.9 Å². The molecule has 0 radical (unpaired) electrons.